The van der Waals surface area contributed by atoms with E-state index in [1.807, 2.05) is 0 Å². The first-order chi connectivity index (χ1) is 14.2. The quantitative estimate of drug-likeness (QED) is 0.690. The van der Waals surface area contributed by atoms with Crippen molar-refractivity contribution < 1.29 is 23.1 Å². The Hall–Kier alpha value is -2.94. The van der Waals surface area contributed by atoms with Crippen LogP contribution in [0.2, 0.25) is 0 Å². The molecule has 1 aromatic carbocycles. The van der Waals surface area contributed by atoms with Crippen LogP contribution < -0.4 is 10.1 Å². The number of hydrogen-bond acceptors (Lipinski definition) is 7. The Bertz CT molecular complexity index is 1050. The standard InChI is InChI=1S/C21H25N3O5S/c1-14(11-12-30(2,27)28)23-20(26)16-13-22-19(15-7-3-4-8-15)24-21(16)29-18-10-6-5-9-17(18)25/h5-6,9-15,25H,3-4,7-8H2,1-2H3,(H,23,26)/b12-11+/t14-/m0/s1. The number of rotatable bonds is 7. The van der Waals surface area contributed by atoms with Gasteiger partial charge in [0, 0.05) is 29.8 Å². The molecule has 1 saturated carbocycles. The fraction of sp³-hybridized carbons (Fsp3) is 0.381. The van der Waals surface area contributed by atoms with Crippen molar-refractivity contribution >= 4 is 15.7 Å². The van der Waals surface area contributed by atoms with Crippen molar-refractivity contribution in [3.63, 3.8) is 0 Å². The molecule has 1 aliphatic rings. The van der Waals surface area contributed by atoms with Crippen LogP contribution in [-0.2, 0) is 9.84 Å². The monoisotopic (exact) mass is 431 g/mol. The minimum absolute atomic E-state index is 0.0465. The van der Waals surface area contributed by atoms with Crippen molar-refractivity contribution in [2.24, 2.45) is 0 Å². The number of aromatic nitrogens is 2. The summed E-state index contributed by atoms with van der Waals surface area (Å²) in [6, 6.07) is 5.87. The van der Waals surface area contributed by atoms with Crippen molar-refractivity contribution in [3.8, 4) is 17.4 Å². The van der Waals surface area contributed by atoms with Gasteiger partial charge in [0.1, 0.15) is 11.4 Å². The predicted octanol–water partition coefficient (Wildman–Crippen LogP) is 3.31. The van der Waals surface area contributed by atoms with Gasteiger partial charge in [-0.1, -0.05) is 31.1 Å². The minimum Gasteiger partial charge on any atom is -0.504 e. The second kappa shape index (κ2) is 9.25. The zero-order valence-electron chi connectivity index (χ0n) is 16.9. The van der Waals surface area contributed by atoms with E-state index in [1.165, 1.54) is 18.3 Å². The van der Waals surface area contributed by atoms with Crippen LogP contribution in [-0.4, -0.2) is 41.7 Å². The van der Waals surface area contributed by atoms with E-state index in [4.69, 9.17) is 4.74 Å². The fourth-order valence-electron chi connectivity index (χ4n) is 3.23. The number of sulfone groups is 1. The van der Waals surface area contributed by atoms with Crippen molar-refractivity contribution in [1.82, 2.24) is 15.3 Å². The van der Waals surface area contributed by atoms with E-state index < -0.39 is 21.8 Å². The zero-order chi connectivity index (χ0) is 21.7. The summed E-state index contributed by atoms with van der Waals surface area (Å²) in [6.45, 7) is 1.65. The summed E-state index contributed by atoms with van der Waals surface area (Å²) in [6.07, 6.45) is 8.05. The van der Waals surface area contributed by atoms with Crippen LogP contribution in [0.4, 0.5) is 0 Å². The van der Waals surface area contributed by atoms with Gasteiger partial charge in [-0.2, -0.15) is 4.98 Å². The molecule has 1 fully saturated rings. The lowest BCUT2D eigenvalue weighted by Gasteiger charge is -2.15. The third kappa shape index (κ3) is 5.79. The Kier molecular flexibility index (Phi) is 6.71. The Labute approximate surface area is 175 Å². The van der Waals surface area contributed by atoms with Gasteiger partial charge < -0.3 is 15.2 Å². The lowest BCUT2D eigenvalue weighted by Crippen LogP contribution is -2.31. The Morgan fingerprint density at radius 2 is 2.00 bits per heavy atom. The molecule has 0 radical (unpaired) electrons. The van der Waals surface area contributed by atoms with Crippen molar-refractivity contribution in [2.75, 3.05) is 6.26 Å². The molecule has 30 heavy (non-hydrogen) atoms. The van der Waals surface area contributed by atoms with Crippen molar-refractivity contribution in [3.05, 3.63) is 53.3 Å². The van der Waals surface area contributed by atoms with Crippen LogP contribution in [0.25, 0.3) is 0 Å². The van der Waals surface area contributed by atoms with E-state index in [0.717, 1.165) is 37.3 Å². The highest BCUT2D eigenvalue weighted by Crippen LogP contribution is 2.35. The SMILES string of the molecule is C[C@@H](/C=C/S(C)(=O)=O)NC(=O)c1cnc(C2CCCC2)nc1Oc1ccccc1O. The lowest BCUT2D eigenvalue weighted by molar-refractivity contribution is 0.0943. The van der Waals surface area contributed by atoms with Crippen LogP contribution in [0.3, 0.4) is 0 Å². The van der Waals surface area contributed by atoms with E-state index in [9.17, 15) is 18.3 Å². The van der Waals surface area contributed by atoms with Crippen LogP contribution in [0.15, 0.2) is 41.9 Å². The zero-order valence-corrected chi connectivity index (χ0v) is 17.7. The van der Waals surface area contributed by atoms with Gasteiger partial charge in [0.05, 0.1) is 0 Å². The van der Waals surface area contributed by atoms with E-state index in [2.05, 4.69) is 15.3 Å². The average molecular weight is 432 g/mol. The van der Waals surface area contributed by atoms with Gasteiger partial charge in [-0.05, 0) is 31.9 Å². The van der Waals surface area contributed by atoms with Crippen LogP contribution in [0.1, 0.15) is 54.7 Å². The highest BCUT2D eigenvalue weighted by atomic mass is 32.2. The maximum absolute atomic E-state index is 12.8. The molecule has 0 spiro atoms. The molecule has 9 heteroatoms. The molecule has 2 N–H and O–H groups in total. The summed E-state index contributed by atoms with van der Waals surface area (Å²) in [5.41, 5.74) is 0.0969. The van der Waals surface area contributed by atoms with Crippen LogP contribution in [0.5, 0.6) is 17.4 Å². The molecule has 0 unspecified atom stereocenters. The van der Waals surface area contributed by atoms with Gasteiger partial charge in [0.15, 0.2) is 21.3 Å². The van der Waals surface area contributed by atoms with Crippen molar-refractivity contribution in [2.45, 2.75) is 44.6 Å². The molecule has 1 atom stereocenters. The molecule has 0 saturated heterocycles. The summed E-state index contributed by atoms with van der Waals surface area (Å²) >= 11 is 0. The van der Waals surface area contributed by atoms with Gasteiger partial charge in [-0.3, -0.25) is 4.79 Å². The summed E-state index contributed by atoms with van der Waals surface area (Å²) in [4.78, 5) is 21.6. The van der Waals surface area contributed by atoms with Gasteiger partial charge in [0.2, 0.25) is 5.88 Å². The maximum Gasteiger partial charge on any atom is 0.258 e. The number of nitrogens with zero attached hydrogens (tertiary/aromatic N) is 2. The number of benzene rings is 1. The summed E-state index contributed by atoms with van der Waals surface area (Å²) in [5, 5.41) is 13.8. The molecule has 0 bridgehead atoms. The molecular weight excluding hydrogens is 406 g/mol. The second-order valence-electron chi connectivity index (χ2n) is 7.42. The van der Waals surface area contributed by atoms with E-state index in [0.29, 0.717) is 5.82 Å². The second-order valence-corrected chi connectivity index (χ2v) is 9.35. The Morgan fingerprint density at radius 1 is 1.30 bits per heavy atom. The number of hydrogen-bond donors (Lipinski definition) is 2. The number of carbonyl (C=O) groups excluding carboxylic acids is 1. The number of phenolic OH excluding ortho intramolecular Hbond substituents is 1. The third-order valence-corrected chi connectivity index (χ3v) is 5.43. The summed E-state index contributed by atoms with van der Waals surface area (Å²) in [7, 11) is -3.30. The number of ether oxygens (including phenoxy) is 1. The number of carbonyl (C=O) groups is 1. The van der Waals surface area contributed by atoms with Crippen molar-refractivity contribution in [1.29, 1.82) is 0 Å². The average Bonchev–Trinajstić information content (AvgIpc) is 3.22. The van der Waals surface area contributed by atoms with E-state index >= 15 is 0 Å². The van der Waals surface area contributed by atoms with E-state index in [1.54, 1.807) is 25.1 Å². The molecule has 2 aromatic rings. The molecule has 3 rings (SSSR count). The molecule has 160 valence electrons. The molecule has 8 nitrogen and oxygen atoms in total. The van der Waals surface area contributed by atoms with Gasteiger partial charge in [-0.25, -0.2) is 13.4 Å². The van der Waals surface area contributed by atoms with E-state index in [-0.39, 0.29) is 28.9 Å². The third-order valence-electron chi connectivity index (χ3n) is 4.78. The number of phenols is 1. The summed E-state index contributed by atoms with van der Waals surface area (Å²) in [5.74, 6) is 0.459. The highest BCUT2D eigenvalue weighted by Gasteiger charge is 2.24. The summed E-state index contributed by atoms with van der Waals surface area (Å²) < 4.78 is 28.3. The highest BCUT2D eigenvalue weighted by molar-refractivity contribution is 7.93. The van der Waals surface area contributed by atoms with Crippen LogP contribution in [0, 0.1) is 0 Å². The molecule has 1 aliphatic carbocycles. The molecule has 1 amide bonds. The van der Waals surface area contributed by atoms with Gasteiger partial charge in [0.25, 0.3) is 5.91 Å². The molecule has 1 heterocycles. The molecule has 1 aromatic heterocycles. The maximum atomic E-state index is 12.8. The fourth-order valence-corrected chi connectivity index (χ4v) is 3.76. The number of para-hydroxylation sites is 2. The first-order valence-electron chi connectivity index (χ1n) is 9.75. The molecule has 0 aliphatic heterocycles. The lowest BCUT2D eigenvalue weighted by atomic mass is 10.1. The topological polar surface area (TPSA) is 118 Å². The molecular formula is C21H25N3O5S. The van der Waals surface area contributed by atoms with Crippen LogP contribution >= 0.6 is 0 Å². The number of aromatic hydroxyl groups is 1. The largest absolute Gasteiger partial charge is 0.504 e. The smallest absolute Gasteiger partial charge is 0.258 e. The van der Waals surface area contributed by atoms with Gasteiger partial charge >= 0.3 is 0 Å². The Morgan fingerprint density at radius 3 is 2.67 bits per heavy atom. The van der Waals surface area contributed by atoms with Gasteiger partial charge in [-0.15, -0.1) is 0 Å². The predicted molar refractivity (Wildman–Crippen MR) is 112 cm³/mol. The first-order valence-corrected chi connectivity index (χ1v) is 11.7. The normalized spacial score (nSPS) is 15.9. The number of nitrogens with one attached hydrogen (secondary N) is 1. The Balaban J connectivity index is 1.89. The first kappa shape index (κ1) is 21.8. The number of amides is 1. The minimum atomic E-state index is -3.30.